The van der Waals surface area contributed by atoms with Crippen LogP contribution in [0.5, 0.6) is 0 Å². The van der Waals surface area contributed by atoms with Gasteiger partial charge < -0.3 is 0 Å². The molecule has 0 unspecified atom stereocenters. The molecule has 78 valence electrons. The van der Waals surface area contributed by atoms with Crippen LogP contribution >= 0.6 is 11.8 Å². The minimum Gasteiger partial charge on any atom is -0.188 e. The lowest BCUT2D eigenvalue weighted by Crippen LogP contribution is -1.98. The highest BCUT2D eigenvalue weighted by Crippen LogP contribution is 2.17. The molecule has 15 heavy (non-hydrogen) atoms. The van der Waals surface area contributed by atoms with E-state index in [4.69, 9.17) is 0 Å². The van der Waals surface area contributed by atoms with Crippen LogP contribution in [-0.4, -0.2) is 26.0 Å². The molecule has 0 saturated heterocycles. The summed E-state index contributed by atoms with van der Waals surface area (Å²) >= 11 is 1.63. The molecule has 0 bridgehead atoms. The summed E-state index contributed by atoms with van der Waals surface area (Å²) in [4.78, 5) is 0. The molecule has 0 amide bonds. The number of aryl methyl sites for hydroxylation is 1. The van der Waals surface area contributed by atoms with Gasteiger partial charge in [0.05, 0.1) is 5.69 Å². The van der Waals surface area contributed by atoms with Crippen LogP contribution in [0.15, 0.2) is 29.4 Å². The molecule has 0 spiro atoms. The van der Waals surface area contributed by atoms with Gasteiger partial charge >= 0.3 is 0 Å². The molecule has 2 rings (SSSR count). The van der Waals surface area contributed by atoms with E-state index in [2.05, 4.69) is 41.5 Å². The van der Waals surface area contributed by atoms with Gasteiger partial charge in [0.2, 0.25) is 5.16 Å². The summed E-state index contributed by atoms with van der Waals surface area (Å²) in [6.45, 7) is 4.14. The predicted molar refractivity (Wildman–Crippen MR) is 60.3 cm³/mol. The summed E-state index contributed by atoms with van der Waals surface area (Å²) in [6, 6.07) is 8.14. The Hall–Kier alpha value is -1.36. The summed E-state index contributed by atoms with van der Waals surface area (Å²) in [5.41, 5.74) is 2.23. The topological polar surface area (TPSA) is 43.6 Å². The third kappa shape index (κ3) is 2.18. The van der Waals surface area contributed by atoms with Gasteiger partial charge in [-0.2, -0.15) is 4.68 Å². The molecular formula is C10H12N4S. The molecule has 0 radical (unpaired) electrons. The van der Waals surface area contributed by atoms with Crippen molar-refractivity contribution in [2.24, 2.45) is 0 Å². The second-order valence-corrected chi connectivity index (χ2v) is 4.37. The Labute approximate surface area is 92.7 Å². The Morgan fingerprint density at radius 2 is 2.00 bits per heavy atom. The van der Waals surface area contributed by atoms with Crippen molar-refractivity contribution in [2.75, 3.05) is 5.75 Å². The number of thioether (sulfide) groups is 1. The van der Waals surface area contributed by atoms with Crippen LogP contribution in [0.4, 0.5) is 0 Å². The van der Waals surface area contributed by atoms with Crippen LogP contribution in [0.1, 0.15) is 12.5 Å². The standard InChI is InChI=1S/C10H12N4S/c1-3-15-10-11-12-13-14(10)9-6-4-8(2)5-7-9/h4-7H,3H2,1-2H3. The number of hydrogen-bond acceptors (Lipinski definition) is 4. The quantitative estimate of drug-likeness (QED) is 0.743. The minimum absolute atomic E-state index is 0.835. The van der Waals surface area contributed by atoms with E-state index >= 15 is 0 Å². The molecule has 0 aliphatic rings. The van der Waals surface area contributed by atoms with Gasteiger partial charge in [-0.25, -0.2) is 0 Å². The van der Waals surface area contributed by atoms with Gasteiger partial charge in [-0.3, -0.25) is 0 Å². The predicted octanol–water partition coefficient (Wildman–Crippen LogP) is 2.08. The van der Waals surface area contributed by atoms with Gasteiger partial charge in [-0.15, -0.1) is 5.10 Å². The van der Waals surface area contributed by atoms with Crippen molar-refractivity contribution in [3.63, 3.8) is 0 Å². The van der Waals surface area contributed by atoms with Gasteiger partial charge in [0.25, 0.3) is 0 Å². The normalized spacial score (nSPS) is 10.5. The van der Waals surface area contributed by atoms with Crippen LogP contribution in [0.2, 0.25) is 0 Å². The first-order valence-corrected chi connectivity index (χ1v) is 5.78. The number of nitrogens with zero attached hydrogens (tertiary/aromatic N) is 4. The minimum atomic E-state index is 0.835. The summed E-state index contributed by atoms with van der Waals surface area (Å²) in [6.07, 6.45) is 0. The van der Waals surface area contributed by atoms with Crippen molar-refractivity contribution >= 4 is 11.8 Å². The Morgan fingerprint density at radius 3 is 2.67 bits per heavy atom. The van der Waals surface area contributed by atoms with E-state index in [0.29, 0.717) is 0 Å². The Balaban J connectivity index is 2.36. The monoisotopic (exact) mass is 220 g/mol. The van der Waals surface area contributed by atoms with Crippen LogP contribution < -0.4 is 0 Å². The highest BCUT2D eigenvalue weighted by atomic mass is 32.2. The van der Waals surface area contributed by atoms with Crippen LogP contribution in [0.25, 0.3) is 5.69 Å². The lowest BCUT2D eigenvalue weighted by atomic mass is 10.2. The van der Waals surface area contributed by atoms with Crippen LogP contribution in [-0.2, 0) is 0 Å². The maximum atomic E-state index is 3.97. The summed E-state index contributed by atoms with van der Waals surface area (Å²) < 4.78 is 1.76. The zero-order valence-electron chi connectivity index (χ0n) is 8.71. The molecule has 0 saturated carbocycles. The van der Waals surface area contributed by atoms with Crippen molar-refractivity contribution in [1.29, 1.82) is 0 Å². The van der Waals surface area contributed by atoms with Gasteiger partial charge in [-0.1, -0.05) is 36.4 Å². The first kappa shape index (κ1) is 10.2. The molecule has 1 heterocycles. The molecule has 0 fully saturated rings. The summed E-state index contributed by atoms with van der Waals surface area (Å²) in [7, 11) is 0. The van der Waals surface area contributed by atoms with Crippen LogP contribution in [0.3, 0.4) is 0 Å². The van der Waals surface area contributed by atoms with Gasteiger partial charge in [-0.05, 0) is 35.2 Å². The molecule has 1 aromatic heterocycles. The SMILES string of the molecule is CCSc1nnnn1-c1ccc(C)cc1. The Bertz CT molecular complexity index is 435. The number of hydrogen-bond donors (Lipinski definition) is 0. The van der Waals surface area contributed by atoms with Crippen molar-refractivity contribution in [2.45, 2.75) is 19.0 Å². The maximum absolute atomic E-state index is 3.97. The van der Waals surface area contributed by atoms with E-state index in [9.17, 15) is 0 Å². The molecule has 5 heteroatoms. The zero-order chi connectivity index (χ0) is 10.7. The number of benzene rings is 1. The second-order valence-electron chi connectivity index (χ2n) is 3.14. The van der Waals surface area contributed by atoms with E-state index in [-0.39, 0.29) is 0 Å². The highest BCUT2D eigenvalue weighted by molar-refractivity contribution is 7.99. The maximum Gasteiger partial charge on any atom is 0.214 e. The first-order valence-electron chi connectivity index (χ1n) is 4.79. The molecule has 0 N–H and O–H groups in total. The fourth-order valence-corrected chi connectivity index (χ4v) is 1.86. The van der Waals surface area contributed by atoms with Crippen molar-refractivity contribution in [1.82, 2.24) is 20.2 Å². The fourth-order valence-electron chi connectivity index (χ4n) is 1.25. The van der Waals surface area contributed by atoms with E-state index < -0.39 is 0 Å². The van der Waals surface area contributed by atoms with E-state index in [0.717, 1.165) is 16.6 Å². The average molecular weight is 220 g/mol. The zero-order valence-corrected chi connectivity index (χ0v) is 9.53. The Kier molecular flexibility index (Phi) is 3.01. The van der Waals surface area contributed by atoms with E-state index in [1.54, 1.807) is 16.4 Å². The molecule has 0 aliphatic heterocycles. The fraction of sp³-hybridized carbons (Fsp3) is 0.300. The Morgan fingerprint density at radius 1 is 1.27 bits per heavy atom. The van der Waals surface area contributed by atoms with Crippen molar-refractivity contribution < 1.29 is 0 Å². The highest BCUT2D eigenvalue weighted by Gasteiger charge is 2.06. The molecule has 1 aromatic carbocycles. The second kappa shape index (κ2) is 4.44. The average Bonchev–Trinajstić information content (AvgIpc) is 2.68. The number of aromatic nitrogens is 4. The number of rotatable bonds is 3. The van der Waals surface area contributed by atoms with E-state index in [1.807, 2.05) is 12.1 Å². The van der Waals surface area contributed by atoms with Crippen molar-refractivity contribution in [3.8, 4) is 5.69 Å². The smallest absolute Gasteiger partial charge is 0.188 e. The third-order valence-corrected chi connectivity index (χ3v) is 2.79. The largest absolute Gasteiger partial charge is 0.214 e. The molecular weight excluding hydrogens is 208 g/mol. The van der Waals surface area contributed by atoms with Gasteiger partial charge in [0, 0.05) is 0 Å². The molecule has 0 atom stereocenters. The summed E-state index contributed by atoms with van der Waals surface area (Å²) in [5.74, 6) is 0.965. The molecule has 2 aromatic rings. The van der Waals surface area contributed by atoms with Gasteiger partial charge in [0.15, 0.2) is 0 Å². The van der Waals surface area contributed by atoms with Crippen molar-refractivity contribution in [3.05, 3.63) is 29.8 Å². The lowest BCUT2D eigenvalue weighted by molar-refractivity contribution is 0.756. The molecule has 0 aliphatic carbocycles. The molecule has 4 nitrogen and oxygen atoms in total. The third-order valence-electron chi connectivity index (χ3n) is 1.99. The van der Waals surface area contributed by atoms with E-state index in [1.165, 1.54) is 5.56 Å². The summed E-state index contributed by atoms with van der Waals surface area (Å²) in [5, 5.41) is 12.5. The number of tetrazole rings is 1. The first-order chi connectivity index (χ1) is 7.31. The van der Waals surface area contributed by atoms with Gasteiger partial charge in [0.1, 0.15) is 0 Å². The van der Waals surface area contributed by atoms with Crippen LogP contribution in [0, 0.1) is 6.92 Å². The lowest BCUT2D eigenvalue weighted by Gasteiger charge is -2.02.